The predicted octanol–water partition coefficient (Wildman–Crippen LogP) is 2.48. The molecule has 0 unspecified atom stereocenters. The van der Waals surface area contributed by atoms with E-state index in [1.54, 1.807) is 31.4 Å². The summed E-state index contributed by atoms with van der Waals surface area (Å²) in [7, 11) is 3.04. The maximum absolute atomic E-state index is 12.7. The minimum Gasteiger partial charge on any atom is -0.504 e. The van der Waals surface area contributed by atoms with Gasteiger partial charge in [-0.3, -0.25) is 4.79 Å². The number of nitrogens with one attached hydrogen (secondary N) is 1. The number of rotatable bonds is 4. The van der Waals surface area contributed by atoms with Gasteiger partial charge in [-0.15, -0.1) is 0 Å². The summed E-state index contributed by atoms with van der Waals surface area (Å²) < 4.78 is 11.4. The van der Waals surface area contributed by atoms with Gasteiger partial charge in [-0.1, -0.05) is 6.07 Å². The maximum atomic E-state index is 12.7. The highest BCUT2D eigenvalue weighted by atomic mass is 16.5. The lowest BCUT2D eigenvalue weighted by molar-refractivity contribution is 0.373. The lowest BCUT2D eigenvalue weighted by Crippen LogP contribution is -2.17. The number of benzene rings is 2. The molecule has 0 atom stereocenters. The number of phenols is 1. The molecule has 0 saturated carbocycles. The standard InChI is InChI=1S/C19H16N4O4/c1-26-12-6-7-14-13(8-12)16-17(22-14)19(25)23(10-20-16)21-9-11-4-3-5-15(27-2)18(11)24/h3-10,22,24H,1-2H3/b21-9+. The van der Waals surface area contributed by atoms with Gasteiger partial charge in [0.15, 0.2) is 11.5 Å². The number of fused-ring (bicyclic) bond motifs is 3. The summed E-state index contributed by atoms with van der Waals surface area (Å²) in [5.41, 5.74) is 1.73. The van der Waals surface area contributed by atoms with E-state index in [-0.39, 0.29) is 11.3 Å². The van der Waals surface area contributed by atoms with Gasteiger partial charge >= 0.3 is 0 Å². The van der Waals surface area contributed by atoms with Crippen LogP contribution in [-0.2, 0) is 0 Å². The smallest absolute Gasteiger partial charge is 0.298 e. The van der Waals surface area contributed by atoms with E-state index in [9.17, 15) is 9.90 Å². The van der Waals surface area contributed by atoms with Crippen molar-refractivity contribution >= 4 is 28.2 Å². The third kappa shape index (κ3) is 2.77. The van der Waals surface area contributed by atoms with E-state index in [2.05, 4.69) is 15.1 Å². The van der Waals surface area contributed by atoms with Crippen LogP contribution in [0.2, 0.25) is 0 Å². The fourth-order valence-electron chi connectivity index (χ4n) is 2.87. The van der Waals surface area contributed by atoms with Crippen molar-refractivity contribution in [3.05, 3.63) is 58.6 Å². The van der Waals surface area contributed by atoms with Crippen molar-refractivity contribution in [2.24, 2.45) is 5.10 Å². The third-order valence-electron chi connectivity index (χ3n) is 4.27. The molecular weight excluding hydrogens is 348 g/mol. The molecule has 136 valence electrons. The van der Waals surface area contributed by atoms with Gasteiger partial charge in [-0.2, -0.15) is 9.78 Å². The molecule has 2 heterocycles. The topological polar surface area (TPSA) is 102 Å². The van der Waals surface area contributed by atoms with Gasteiger partial charge in [0.1, 0.15) is 23.1 Å². The molecule has 4 aromatic rings. The van der Waals surface area contributed by atoms with Crippen LogP contribution in [0.15, 0.2) is 52.6 Å². The van der Waals surface area contributed by atoms with Crippen LogP contribution in [0.4, 0.5) is 0 Å². The monoisotopic (exact) mass is 364 g/mol. The van der Waals surface area contributed by atoms with Gasteiger partial charge in [-0.05, 0) is 30.3 Å². The molecule has 0 bridgehead atoms. The number of aromatic amines is 1. The number of aromatic hydroxyl groups is 1. The quantitative estimate of drug-likeness (QED) is 0.542. The molecule has 0 aliphatic rings. The first-order valence-electron chi connectivity index (χ1n) is 8.10. The second-order valence-corrected chi connectivity index (χ2v) is 5.80. The van der Waals surface area contributed by atoms with Gasteiger partial charge in [0, 0.05) is 16.5 Å². The Bertz CT molecular complexity index is 1240. The Hall–Kier alpha value is -3.81. The molecule has 0 spiro atoms. The Kier molecular flexibility index (Phi) is 4.00. The number of nitrogens with zero attached hydrogens (tertiary/aromatic N) is 3. The van der Waals surface area contributed by atoms with Crippen LogP contribution in [0.3, 0.4) is 0 Å². The Balaban J connectivity index is 1.80. The normalized spacial score (nSPS) is 11.5. The van der Waals surface area contributed by atoms with E-state index in [4.69, 9.17) is 9.47 Å². The zero-order valence-electron chi connectivity index (χ0n) is 14.6. The lowest BCUT2D eigenvalue weighted by atomic mass is 10.2. The van der Waals surface area contributed by atoms with Crippen molar-refractivity contribution in [1.82, 2.24) is 14.6 Å². The first-order valence-corrected chi connectivity index (χ1v) is 8.10. The summed E-state index contributed by atoms with van der Waals surface area (Å²) in [6.07, 6.45) is 2.71. The molecule has 0 fully saturated rings. The summed E-state index contributed by atoms with van der Waals surface area (Å²) in [6, 6.07) is 10.5. The number of H-pyrrole nitrogens is 1. The van der Waals surface area contributed by atoms with Crippen molar-refractivity contribution < 1.29 is 14.6 Å². The molecule has 2 aromatic heterocycles. The van der Waals surface area contributed by atoms with Gasteiger partial charge in [0.05, 0.1) is 20.4 Å². The predicted molar refractivity (Wildman–Crippen MR) is 102 cm³/mol. The third-order valence-corrected chi connectivity index (χ3v) is 4.27. The summed E-state index contributed by atoms with van der Waals surface area (Å²) in [5, 5.41) is 15.0. The molecule has 8 nitrogen and oxygen atoms in total. The first kappa shape index (κ1) is 16.6. The van der Waals surface area contributed by atoms with E-state index < -0.39 is 0 Å². The van der Waals surface area contributed by atoms with Crippen LogP contribution >= 0.6 is 0 Å². The second-order valence-electron chi connectivity index (χ2n) is 5.80. The van der Waals surface area contributed by atoms with Crippen LogP contribution in [0.25, 0.3) is 21.9 Å². The minimum atomic E-state index is -0.353. The largest absolute Gasteiger partial charge is 0.504 e. The highest BCUT2D eigenvalue weighted by Gasteiger charge is 2.12. The lowest BCUT2D eigenvalue weighted by Gasteiger charge is -2.05. The summed E-state index contributed by atoms with van der Waals surface area (Å²) in [4.78, 5) is 20.2. The summed E-state index contributed by atoms with van der Waals surface area (Å²) in [5.74, 6) is 0.953. The molecule has 2 aromatic carbocycles. The van der Waals surface area contributed by atoms with Crippen LogP contribution < -0.4 is 15.0 Å². The molecular formula is C19H16N4O4. The van der Waals surface area contributed by atoms with Crippen LogP contribution in [-0.4, -0.2) is 40.2 Å². The van der Waals surface area contributed by atoms with Crippen molar-refractivity contribution in [2.45, 2.75) is 0 Å². The van der Waals surface area contributed by atoms with E-state index in [1.807, 2.05) is 12.1 Å². The van der Waals surface area contributed by atoms with Crippen molar-refractivity contribution in [3.8, 4) is 17.2 Å². The maximum Gasteiger partial charge on any atom is 0.298 e. The molecule has 0 amide bonds. The zero-order valence-corrected chi connectivity index (χ0v) is 14.6. The van der Waals surface area contributed by atoms with Crippen LogP contribution in [0.5, 0.6) is 17.2 Å². The average molecular weight is 364 g/mol. The van der Waals surface area contributed by atoms with Crippen molar-refractivity contribution in [2.75, 3.05) is 14.2 Å². The molecule has 0 aliphatic carbocycles. The highest BCUT2D eigenvalue weighted by Crippen LogP contribution is 2.28. The van der Waals surface area contributed by atoms with E-state index in [0.29, 0.717) is 28.1 Å². The molecule has 4 rings (SSSR count). The number of methoxy groups -OCH3 is 2. The molecule has 2 N–H and O–H groups in total. The number of phenolic OH excluding ortho intramolecular Hbond substituents is 1. The SMILES string of the molecule is COc1ccc2[nH]c3c(=O)n(/N=C/c4cccc(OC)c4O)cnc3c2c1. The number of hydrogen-bond acceptors (Lipinski definition) is 6. The Morgan fingerprint density at radius 3 is 2.85 bits per heavy atom. The summed E-state index contributed by atoms with van der Waals surface area (Å²) in [6.45, 7) is 0. The van der Waals surface area contributed by atoms with E-state index >= 15 is 0 Å². The number of ether oxygens (including phenoxy) is 2. The number of aromatic nitrogens is 3. The van der Waals surface area contributed by atoms with Gasteiger partial charge in [-0.25, -0.2) is 4.98 Å². The fourth-order valence-corrected chi connectivity index (χ4v) is 2.87. The van der Waals surface area contributed by atoms with Crippen LogP contribution in [0.1, 0.15) is 5.56 Å². The number of hydrogen-bond donors (Lipinski definition) is 2. The molecule has 0 radical (unpaired) electrons. The average Bonchev–Trinajstić information content (AvgIpc) is 3.07. The molecule has 27 heavy (non-hydrogen) atoms. The Morgan fingerprint density at radius 2 is 2.07 bits per heavy atom. The minimum absolute atomic E-state index is 0.0523. The van der Waals surface area contributed by atoms with Crippen molar-refractivity contribution in [3.63, 3.8) is 0 Å². The molecule has 8 heteroatoms. The Labute approximate surface area is 153 Å². The van der Waals surface area contributed by atoms with Gasteiger partial charge in [0.25, 0.3) is 5.56 Å². The second kappa shape index (κ2) is 6.49. The molecule has 0 aliphatic heterocycles. The summed E-state index contributed by atoms with van der Waals surface area (Å²) >= 11 is 0. The molecule has 0 saturated heterocycles. The first-order chi connectivity index (χ1) is 13.1. The number of para-hydroxylation sites is 1. The van der Waals surface area contributed by atoms with Gasteiger partial charge in [0.2, 0.25) is 0 Å². The van der Waals surface area contributed by atoms with E-state index in [1.165, 1.54) is 19.7 Å². The Morgan fingerprint density at radius 1 is 1.22 bits per heavy atom. The van der Waals surface area contributed by atoms with E-state index in [0.717, 1.165) is 15.6 Å². The van der Waals surface area contributed by atoms with Gasteiger partial charge < -0.3 is 19.6 Å². The zero-order chi connectivity index (χ0) is 19.0. The fraction of sp³-hybridized carbons (Fsp3) is 0.105. The van der Waals surface area contributed by atoms with Crippen molar-refractivity contribution in [1.29, 1.82) is 0 Å². The highest BCUT2D eigenvalue weighted by molar-refractivity contribution is 6.04. The van der Waals surface area contributed by atoms with Crippen LogP contribution in [0, 0.1) is 0 Å².